The van der Waals surface area contributed by atoms with Crippen LogP contribution < -0.4 is 5.56 Å². The van der Waals surface area contributed by atoms with E-state index < -0.39 is 23.5 Å². The highest BCUT2D eigenvalue weighted by molar-refractivity contribution is 5.82. The van der Waals surface area contributed by atoms with Crippen molar-refractivity contribution in [2.45, 2.75) is 44.7 Å². The Hall–Kier alpha value is -4.87. The number of carboxylic acid groups (broad SMARTS) is 1. The van der Waals surface area contributed by atoms with Gasteiger partial charge in [-0.25, -0.2) is 9.37 Å². The molecule has 0 aliphatic heterocycles. The average Bonchev–Trinajstić information content (AvgIpc) is 3.44. The fourth-order valence-corrected chi connectivity index (χ4v) is 4.54. The molecule has 8 nitrogen and oxygen atoms in total. The highest BCUT2D eigenvalue weighted by Crippen LogP contribution is 2.29. The van der Waals surface area contributed by atoms with Gasteiger partial charge in [-0.1, -0.05) is 17.3 Å². The monoisotopic (exact) mass is 580 g/mol. The van der Waals surface area contributed by atoms with Crippen molar-refractivity contribution >= 4 is 16.9 Å². The predicted molar refractivity (Wildman–Crippen MR) is 145 cm³/mol. The summed E-state index contributed by atoms with van der Waals surface area (Å²) in [4.78, 5) is 33.6. The first kappa shape index (κ1) is 28.7. The summed E-state index contributed by atoms with van der Waals surface area (Å²) in [7, 11) is 0. The molecule has 5 rings (SSSR count). The zero-order chi connectivity index (χ0) is 29.9. The van der Waals surface area contributed by atoms with Crippen molar-refractivity contribution in [3.63, 3.8) is 0 Å². The van der Waals surface area contributed by atoms with Gasteiger partial charge in [0.2, 0.25) is 0 Å². The van der Waals surface area contributed by atoms with Crippen molar-refractivity contribution in [1.29, 1.82) is 0 Å². The summed E-state index contributed by atoms with van der Waals surface area (Å²) >= 11 is 0. The molecule has 2 aromatic heterocycles. The van der Waals surface area contributed by atoms with Gasteiger partial charge in [-0.15, -0.1) is 0 Å². The van der Waals surface area contributed by atoms with E-state index in [1.54, 1.807) is 18.2 Å². The number of fused-ring (bicyclic) bond motifs is 1. The third-order valence-electron chi connectivity index (χ3n) is 6.70. The zero-order valence-electron chi connectivity index (χ0n) is 22.1. The van der Waals surface area contributed by atoms with Gasteiger partial charge in [0.05, 0.1) is 22.2 Å². The molecule has 42 heavy (non-hydrogen) atoms. The lowest BCUT2D eigenvalue weighted by Gasteiger charge is -2.14. The second-order valence-electron chi connectivity index (χ2n) is 9.69. The van der Waals surface area contributed by atoms with Crippen LogP contribution in [0.1, 0.15) is 42.0 Å². The molecule has 0 saturated carbocycles. The van der Waals surface area contributed by atoms with Crippen LogP contribution in [0.5, 0.6) is 0 Å². The SMILES string of the molecule is O=C(O)CCCCc1nc2cc(-c3nc(CCc4ccc(C(F)(F)F)cc4)no3)ccc2c(=O)n1-c1ccc(F)cc1. The Morgan fingerprint density at radius 3 is 2.33 bits per heavy atom. The van der Waals surface area contributed by atoms with Crippen LogP contribution in [-0.2, 0) is 30.2 Å². The second kappa shape index (κ2) is 11.9. The van der Waals surface area contributed by atoms with Crippen LogP contribution in [0.15, 0.2) is 76.0 Å². The van der Waals surface area contributed by atoms with E-state index in [1.807, 2.05) is 0 Å². The van der Waals surface area contributed by atoms with Crippen molar-refractivity contribution in [3.05, 3.63) is 106 Å². The van der Waals surface area contributed by atoms with Gasteiger partial charge in [0.15, 0.2) is 5.82 Å². The van der Waals surface area contributed by atoms with E-state index in [9.17, 15) is 27.2 Å². The number of halogens is 4. The summed E-state index contributed by atoms with van der Waals surface area (Å²) in [5.41, 5.74) is 0.924. The Kier molecular flexibility index (Phi) is 8.14. The van der Waals surface area contributed by atoms with Crippen LogP contribution in [0.3, 0.4) is 0 Å². The lowest BCUT2D eigenvalue weighted by atomic mass is 10.1. The van der Waals surface area contributed by atoms with Gasteiger partial charge in [0.1, 0.15) is 11.6 Å². The number of aliphatic carboxylic acids is 1. The first-order valence-electron chi connectivity index (χ1n) is 13.1. The Balaban J connectivity index is 1.40. The molecule has 12 heteroatoms. The van der Waals surface area contributed by atoms with E-state index >= 15 is 0 Å². The predicted octanol–water partition coefficient (Wildman–Crippen LogP) is 6.18. The normalized spacial score (nSPS) is 11.7. The van der Waals surface area contributed by atoms with Gasteiger partial charge < -0.3 is 9.63 Å². The summed E-state index contributed by atoms with van der Waals surface area (Å²) < 4.78 is 58.8. The van der Waals surface area contributed by atoms with Gasteiger partial charge in [-0.2, -0.15) is 18.2 Å². The number of aryl methyl sites for hydroxylation is 3. The number of nitrogens with zero attached hydrogens (tertiary/aromatic N) is 4. The topological polar surface area (TPSA) is 111 Å². The summed E-state index contributed by atoms with van der Waals surface area (Å²) in [5, 5.41) is 13.2. The number of benzene rings is 3. The lowest BCUT2D eigenvalue weighted by Crippen LogP contribution is -2.24. The number of hydrogen-bond acceptors (Lipinski definition) is 6. The summed E-state index contributed by atoms with van der Waals surface area (Å²) in [6.45, 7) is 0. The quantitative estimate of drug-likeness (QED) is 0.155. The standard InChI is InChI=1S/C30H24F4N4O4/c31-21-11-13-22(14-12-21)38-26(3-1-2-4-27(39)40)35-24-17-19(8-15-23(24)29(38)41)28-36-25(37-42-28)16-7-18-5-9-20(10-6-18)30(32,33)34/h5-6,8-15,17H,1-4,7,16H2,(H,39,40). The molecule has 1 N–H and O–H groups in total. The van der Waals surface area contributed by atoms with Gasteiger partial charge in [0, 0.05) is 24.8 Å². The number of rotatable bonds is 10. The van der Waals surface area contributed by atoms with E-state index in [4.69, 9.17) is 14.6 Å². The van der Waals surface area contributed by atoms with E-state index in [1.165, 1.54) is 41.0 Å². The van der Waals surface area contributed by atoms with Gasteiger partial charge in [-0.3, -0.25) is 14.2 Å². The third kappa shape index (κ3) is 6.54. The van der Waals surface area contributed by atoms with Crippen molar-refractivity contribution in [1.82, 2.24) is 19.7 Å². The van der Waals surface area contributed by atoms with E-state index in [0.717, 1.165) is 12.1 Å². The molecule has 0 bridgehead atoms. The minimum atomic E-state index is -4.40. The molecule has 0 radical (unpaired) electrons. The van der Waals surface area contributed by atoms with Crippen LogP contribution in [0, 0.1) is 5.82 Å². The molecule has 0 spiro atoms. The van der Waals surface area contributed by atoms with Crippen molar-refractivity contribution in [2.75, 3.05) is 0 Å². The number of carboxylic acids is 1. The third-order valence-corrected chi connectivity index (χ3v) is 6.70. The highest BCUT2D eigenvalue weighted by Gasteiger charge is 2.29. The van der Waals surface area contributed by atoms with Crippen LogP contribution in [0.2, 0.25) is 0 Å². The molecule has 0 aliphatic rings. The van der Waals surface area contributed by atoms with Gasteiger partial charge >= 0.3 is 12.1 Å². The van der Waals surface area contributed by atoms with Crippen LogP contribution in [-0.4, -0.2) is 30.8 Å². The number of hydrogen-bond donors (Lipinski definition) is 1. The maximum Gasteiger partial charge on any atom is 0.416 e. The molecule has 0 saturated heterocycles. The van der Waals surface area contributed by atoms with Crippen LogP contribution in [0.4, 0.5) is 17.6 Å². The second-order valence-corrected chi connectivity index (χ2v) is 9.69. The van der Waals surface area contributed by atoms with Crippen LogP contribution in [0.25, 0.3) is 28.0 Å². The molecular weight excluding hydrogens is 556 g/mol. The van der Waals surface area contributed by atoms with E-state index in [0.29, 0.717) is 71.5 Å². The van der Waals surface area contributed by atoms with Gasteiger partial charge in [-0.05, 0) is 79.4 Å². The molecule has 5 aromatic rings. The number of carbonyl (C=O) groups is 1. The molecule has 0 aliphatic carbocycles. The van der Waals surface area contributed by atoms with E-state index in [2.05, 4.69) is 10.1 Å². The minimum Gasteiger partial charge on any atom is -0.481 e. The number of unbranched alkanes of at least 4 members (excludes halogenated alkanes) is 1. The fourth-order valence-electron chi connectivity index (χ4n) is 4.54. The minimum absolute atomic E-state index is 0.0170. The maximum atomic E-state index is 13.6. The Labute approximate surface area is 236 Å². The largest absolute Gasteiger partial charge is 0.481 e. The molecule has 0 amide bonds. The molecule has 0 unspecified atom stereocenters. The smallest absolute Gasteiger partial charge is 0.416 e. The first-order valence-corrected chi connectivity index (χ1v) is 13.1. The highest BCUT2D eigenvalue weighted by atomic mass is 19.4. The molecule has 216 valence electrons. The summed E-state index contributed by atoms with van der Waals surface area (Å²) in [6.07, 6.45) is -2.49. The first-order chi connectivity index (χ1) is 20.1. The zero-order valence-corrected chi connectivity index (χ0v) is 22.1. The van der Waals surface area contributed by atoms with Gasteiger partial charge in [0.25, 0.3) is 11.4 Å². The van der Waals surface area contributed by atoms with Crippen molar-refractivity contribution in [3.8, 4) is 17.1 Å². The van der Waals surface area contributed by atoms with Crippen molar-refractivity contribution < 1.29 is 32.0 Å². The maximum absolute atomic E-state index is 13.6. The van der Waals surface area contributed by atoms with Crippen molar-refractivity contribution in [2.24, 2.45) is 0 Å². The fraction of sp³-hybridized carbons (Fsp3) is 0.233. The molecule has 0 atom stereocenters. The average molecular weight is 581 g/mol. The number of aromatic nitrogens is 4. The Morgan fingerprint density at radius 2 is 1.64 bits per heavy atom. The molecule has 2 heterocycles. The Morgan fingerprint density at radius 1 is 0.905 bits per heavy atom. The van der Waals surface area contributed by atoms with Crippen LogP contribution >= 0.6 is 0 Å². The molecule has 0 fully saturated rings. The Bertz CT molecular complexity index is 1780. The number of alkyl halides is 3. The lowest BCUT2D eigenvalue weighted by molar-refractivity contribution is -0.138. The molecule has 3 aromatic carbocycles. The summed E-state index contributed by atoms with van der Waals surface area (Å²) in [6, 6.07) is 15.2. The molecular formula is C30H24F4N4O4. The van der Waals surface area contributed by atoms with E-state index in [-0.39, 0.29) is 17.9 Å². The summed E-state index contributed by atoms with van der Waals surface area (Å²) in [5.74, 6) is -0.424.